The fourth-order valence-corrected chi connectivity index (χ4v) is 7.26. The van der Waals surface area contributed by atoms with Crippen molar-refractivity contribution in [2.75, 3.05) is 20.7 Å². The molecule has 4 atom stereocenters. The number of ketones is 2. The molecule has 2 aromatic carbocycles. The van der Waals surface area contributed by atoms with Crippen molar-refractivity contribution < 1.29 is 44.3 Å². The molecule has 3 aliphatic carbocycles. The molecule has 5 rings (SSSR count). The van der Waals surface area contributed by atoms with Crippen LogP contribution in [0.1, 0.15) is 55.6 Å². The average Bonchev–Trinajstić information content (AvgIpc) is 2.97. The fourth-order valence-electron chi connectivity index (χ4n) is 7.26. The van der Waals surface area contributed by atoms with Crippen LogP contribution >= 0.6 is 0 Å². The van der Waals surface area contributed by atoms with Crippen molar-refractivity contribution in [3.8, 4) is 22.6 Å². The van der Waals surface area contributed by atoms with E-state index in [0.29, 0.717) is 34.6 Å². The molecule has 0 saturated heterocycles. The molecule has 2 aromatic rings. The summed E-state index contributed by atoms with van der Waals surface area (Å²) < 4.78 is 5.81. The number of ether oxygens (including phenoxy) is 1. The number of aliphatic hydroxyl groups is 3. The van der Waals surface area contributed by atoms with E-state index in [9.17, 15) is 39.6 Å². The second kappa shape index (κ2) is 12.3. The van der Waals surface area contributed by atoms with Crippen LogP contribution < -0.4 is 21.1 Å². The maximum atomic E-state index is 14.1. The molecule has 0 aliphatic heterocycles. The van der Waals surface area contributed by atoms with Crippen LogP contribution in [0, 0.1) is 11.8 Å². The Labute approximate surface area is 278 Å². The van der Waals surface area contributed by atoms with E-state index in [0.717, 1.165) is 0 Å². The Morgan fingerprint density at radius 3 is 2.40 bits per heavy atom. The summed E-state index contributed by atoms with van der Waals surface area (Å²) in [4.78, 5) is 53.9. The first-order valence-electron chi connectivity index (χ1n) is 15.7. The smallest absolute Gasteiger partial charge is 0.315 e. The predicted molar refractivity (Wildman–Crippen MR) is 175 cm³/mol. The van der Waals surface area contributed by atoms with Crippen molar-refractivity contribution >= 4 is 23.5 Å². The average molecular weight is 663 g/mol. The minimum atomic E-state index is -2.71. The Hall–Kier alpha value is -4.88. The van der Waals surface area contributed by atoms with Gasteiger partial charge in [-0.2, -0.15) is 0 Å². The third-order valence-electron chi connectivity index (χ3n) is 9.21. The quantitative estimate of drug-likeness (QED) is 0.216. The number of urea groups is 1. The molecule has 0 aromatic heterocycles. The third kappa shape index (κ3) is 5.66. The standard InChI is InChI=1S/C35H42N4O9/c1-7-48-23-11-8-16(12-18(23)15-37-33(46)38-34(2,3)4)19-9-10-22(40)25-20(19)13-17-14-21-27(39(5)6)29(42)26(32(36)45)31(44)35(21,47)30(43)24(17)28(25)41/h8-12,17,21,27,40,42-43,47H,7,13-15H2,1-6H3,(H2,36,45)(H2,37,38,46). The molecule has 0 saturated carbocycles. The molecule has 0 fully saturated rings. The molecular formula is C35H42N4O9. The molecule has 0 heterocycles. The first kappa shape index (κ1) is 34.5. The normalized spacial score (nSPS) is 23.8. The molecule has 4 unspecified atom stereocenters. The lowest BCUT2D eigenvalue weighted by Crippen LogP contribution is -2.63. The molecule has 13 nitrogen and oxygen atoms in total. The summed E-state index contributed by atoms with van der Waals surface area (Å²) in [6.07, 6.45) is 0.106. The second-order valence-electron chi connectivity index (χ2n) is 13.8. The lowest BCUT2D eigenvalue weighted by atomic mass is 9.58. The number of allylic oxidation sites excluding steroid dienone is 1. The third-order valence-corrected chi connectivity index (χ3v) is 9.21. The summed E-state index contributed by atoms with van der Waals surface area (Å²) in [5.74, 6) is -6.54. The van der Waals surface area contributed by atoms with Crippen LogP contribution in [-0.4, -0.2) is 86.7 Å². The number of phenols is 1. The minimum Gasteiger partial charge on any atom is -0.510 e. The summed E-state index contributed by atoms with van der Waals surface area (Å²) in [6.45, 7) is 7.97. The first-order valence-corrected chi connectivity index (χ1v) is 15.7. The van der Waals surface area contributed by atoms with E-state index in [-0.39, 0.29) is 42.3 Å². The summed E-state index contributed by atoms with van der Waals surface area (Å²) in [7, 11) is 3.16. The number of Topliss-reactive ketones (excluding diaryl/α,β-unsaturated/α-hetero) is 2. The molecule has 13 heteroatoms. The van der Waals surface area contributed by atoms with Gasteiger partial charge in [0.15, 0.2) is 11.4 Å². The van der Waals surface area contributed by atoms with E-state index in [1.165, 1.54) is 11.0 Å². The van der Waals surface area contributed by atoms with Crippen LogP contribution in [0.15, 0.2) is 53.0 Å². The van der Waals surface area contributed by atoms with E-state index in [2.05, 4.69) is 10.6 Å². The predicted octanol–water partition coefficient (Wildman–Crippen LogP) is 2.78. The van der Waals surface area contributed by atoms with Gasteiger partial charge in [-0.1, -0.05) is 12.1 Å². The van der Waals surface area contributed by atoms with Crippen LogP contribution in [0.25, 0.3) is 11.1 Å². The van der Waals surface area contributed by atoms with Gasteiger partial charge in [0.2, 0.25) is 5.78 Å². The van der Waals surface area contributed by atoms with Crippen LogP contribution in [0.5, 0.6) is 11.5 Å². The zero-order valence-corrected chi connectivity index (χ0v) is 27.8. The van der Waals surface area contributed by atoms with Crippen LogP contribution in [0.3, 0.4) is 0 Å². The van der Waals surface area contributed by atoms with Gasteiger partial charge in [0.1, 0.15) is 28.6 Å². The Balaban J connectivity index is 1.60. The number of rotatable bonds is 7. The van der Waals surface area contributed by atoms with Crippen molar-refractivity contribution in [2.24, 2.45) is 17.6 Å². The number of hydrogen-bond acceptors (Lipinski definition) is 10. The number of amides is 3. The van der Waals surface area contributed by atoms with Gasteiger partial charge in [0, 0.05) is 29.1 Å². The highest BCUT2D eigenvalue weighted by atomic mass is 16.5. The number of primary amides is 1. The largest absolute Gasteiger partial charge is 0.510 e. The number of nitrogens with two attached hydrogens (primary N) is 1. The van der Waals surface area contributed by atoms with Gasteiger partial charge in [-0.05, 0) is 95.4 Å². The summed E-state index contributed by atoms with van der Waals surface area (Å²) >= 11 is 0. The maximum absolute atomic E-state index is 14.1. The number of phenolic OH excluding ortho intramolecular Hbond substituents is 1. The van der Waals surface area contributed by atoms with Crippen molar-refractivity contribution in [1.82, 2.24) is 15.5 Å². The van der Waals surface area contributed by atoms with Crippen molar-refractivity contribution in [3.05, 3.63) is 69.7 Å². The number of nitrogens with zero attached hydrogens (tertiary/aromatic N) is 1. The van der Waals surface area contributed by atoms with E-state index in [4.69, 9.17) is 10.5 Å². The number of nitrogens with one attached hydrogen (secondary N) is 2. The molecular weight excluding hydrogens is 620 g/mol. The Morgan fingerprint density at radius 1 is 1.10 bits per heavy atom. The molecule has 3 amide bonds. The van der Waals surface area contributed by atoms with Gasteiger partial charge in [-0.15, -0.1) is 0 Å². The number of hydrogen-bond donors (Lipinski definition) is 7. The molecule has 48 heavy (non-hydrogen) atoms. The highest BCUT2D eigenvalue weighted by molar-refractivity contribution is 6.25. The lowest BCUT2D eigenvalue weighted by Gasteiger charge is -2.50. The zero-order chi connectivity index (χ0) is 35.5. The van der Waals surface area contributed by atoms with E-state index >= 15 is 0 Å². The monoisotopic (exact) mass is 662 g/mol. The van der Waals surface area contributed by atoms with Crippen molar-refractivity contribution in [2.45, 2.75) is 64.3 Å². The number of carbonyl (C=O) groups is 4. The number of benzene rings is 2. The number of fused-ring (bicyclic) bond motifs is 3. The number of aromatic hydroxyl groups is 1. The Morgan fingerprint density at radius 2 is 1.79 bits per heavy atom. The Bertz CT molecular complexity index is 1790. The van der Waals surface area contributed by atoms with E-state index in [1.807, 2.05) is 33.8 Å². The molecule has 0 radical (unpaired) electrons. The highest BCUT2D eigenvalue weighted by Gasteiger charge is 2.63. The maximum Gasteiger partial charge on any atom is 0.315 e. The van der Waals surface area contributed by atoms with Crippen LogP contribution in [0.4, 0.5) is 4.79 Å². The SMILES string of the molecule is CCOc1ccc(-c2ccc(O)c3c2CC2CC4C(N(C)C)C(O)=C(C(N)=O)C(=O)C4(O)C(O)=C2C3=O)cc1CNC(=O)NC(C)(C)C. The topological polar surface area (TPSA) is 212 Å². The van der Waals surface area contributed by atoms with E-state index < -0.39 is 63.6 Å². The summed E-state index contributed by atoms with van der Waals surface area (Å²) in [5.41, 5.74) is 3.51. The zero-order valence-electron chi connectivity index (χ0n) is 27.8. The summed E-state index contributed by atoms with van der Waals surface area (Å²) in [6, 6.07) is 6.98. The highest BCUT2D eigenvalue weighted by Crippen LogP contribution is 2.53. The van der Waals surface area contributed by atoms with E-state index in [1.54, 1.807) is 32.3 Å². The van der Waals surface area contributed by atoms with Gasteiger partial charge in [-0.3, -0.25) is 19.3 Å². The lowest BCUT2D eigenvalue weighted by molar-refractivity contribution is -0.148. The van der Waals surface area contributed by atoms with Gasteiger partial charge in [-0.25, -0.2) is 4.79 Å². The fraction of sp³-hybridized carbons (Fsp3) is 0.429. The second-order valence-corrected chi connectivity index (χ2v) is 13.8. The van der Waals surface area contributed by atoms with Crippen LogP contribution in [-0.2, 0) is 22.6 Å². The number of aliphatic hydroxyl groups excluding tert-OH is 2. The van der Waals surface area contributed by atoms with Crippen molar-refractivity contribution in [1.29, 1.82) is 0 Å². The Kier molecular flexibility index (Phi) is 8.82. The molecule has 3 aliphatic rings. The molecule has 0 bridgehead atoms. The number of carbonyl (C=O) groups excluding carboxylic acids is 4. The molecule has 8 N–H and O–H groups in total. The summed E-state index contributed by atoms with van der Waals surface area (Å²) in [5, 5.41) is 51.1. The van der Waals surface area contributed by atoms with Gasteiger partial charge >= 0.3 is 6.03 Å². The number of likely N-dealkylation sites (N-methyl/N-ethyl adjacent to an activating group) is 1. The molecule has 0 spiro atoms. The van der Waals surface area contributed by atoms with Crippen LogP contribution in [0.2, 0.25) is 0 Å². The van der Waals surface area contributed by atoms with Gasteiger partial charge in [0.05, 0.1) is 18.2 Å². The van der Waals surface area contributed by atoms with Gasteiger partial charge in [0.25, 0.3) is 5.91 Å². The van der Waals surface area contributed by atoms with Gasteiger partial charge < -0.3 is 41.5 Å². The minimum absolute atomic E-state index is 0.0256. The van der Waals surface area contributed by atoms with Crippen molar-refractivity contribution in [3.63, 3.8) is 0 Å². The first-order chi connectivity index (χ1) is 22.4. The molecule has 256 valence electrons.